The van der Waals surface area contributed by atoms with E-state index in [1.165, 1.54) is 24.3 Å². The maximum absolute atomic E-state index is 13.2. The maximum Gasteiger partial charge on any atom is 0.232 e. The highest BCUT2D eigenvalue weighted by molar-refractivity contribution is 6.31. The Balaban J connectivity index is 1.53. The molecular formula is C24H20ClFN2O3. The largest absolute Gasteiger partial charge is 0.471 e. The minimum Gasteiger partial charge on any atom is -0.471 e. The second-order valence-corrected chi connectivity index (χ2v) is 7.72. The van der Waals surface area contributed by atoms with Gasteiger partial charge in [0.15, 0.2) is 5.78 Å². The molecule has 0 bridgehead atoms. The van der Waals surface area contributed by atoms with Gasteiger partial charge in [0.1, 0.15) is 23.2 Å². The Hall–Kier alpha value is -3.25. The molecule has 0 spiro atoms. The van der Waals surface area contributed by atoms with Gasteiger partial charge >= 0.3 is 0 Å². The Kier molecular flexibility index (Phi) is 6.28. The second-order valence-electron chi connectivity index (χ2n) is 7.32. The van der Waals surface area contributed by atoms with Crippen molar-refractivity contribution >= 4 is 29.4 Å². The SMILES string of the molecule is O=CCc1cc(C(=O)c2ccc(F)cc2)ccc1N1CC[C@H](Oc2ncccc2Cl)C1. The summed E-state index contributed by atoms with van der Waals surface area (Å²) in [4.78, 5) is 30.4. The van der Waals surface area contributed by atoms with Crippen molar-refractivity contribution < 1.29 is 18.7 Å². The van der Waals surface area contributed by atoms with Gasteiger partial charge in [-0.3, -0.25) is 4.79 Å². The Morgan fingerprint density at radius 1 is 1.19 bits per heavy atom. The first-order valence-electron chi connectivity index (χ1n) is 9.94. The number of aldehydes is 1. The summed E-state index contributed by atoms with van der Waals surface area (Å²) in [5.41, 5.74) is 2.51. The van der Waals surface area contributed by atoms with Gasteiger partial charge in [-0.2, -0.15) is 0 Å². The van der Waals surface area contributed by atoms with Crippen LogP contribution in [0.15, 0.2) is 60.8 Å². The maximum atomic E-state index is 13.2. The quantitative estimate of drug-likeness (QED) is 0.401. The third-order valence-electron chi connectivity index (χ3n) is 5.24. The number of nitrogens with zero attached hydrogens (tertiary/aromatic N) is 2. The summed E-state index contributed by atoms with van der Waals surface area (Å²) in [7, 11) is 0. The first kappa shape index (κ1) is 21.0. The predicted molar refractivity (Wildman–Crippen MR) is 117 cm³/mol. The van der Waals surface area contributed by atoms with Crippen LogP contribution in [0.1, 0.15) is 27.9 Å². The molecule has 0 radical (unpaired) electrons. The minimum absolute atomic E-state index is 0.0861. The van der Waals surface area contributed by atoms with E-state index in [-0.39, 0.29) is 18.3 Å². The minimum atomic E-state index is -0.397. The van der Waals surface area contributed by atoms with Crippen LogP contribution in [0.3, 0.4) is 0 Å². The third-order valence-corrected chi connectivity index (χ3v) is 5.53. The summed E-state index contributed by atoms with van der Waals surface area (Å²) >= 11 is 6.14. The van der Waals surface area contributed by atoms with E-state index < -0.39 is 5.82 Å². The molecule has 1 aliphatic rings. The van der Waals surface area contributed by atoms with E-state index in [2.05, 4.69) is 9.88 Å². The van der Waals surface area contributed by atoms with E-state index >= 15 is 0 Å². The van der Waals surface area contributed by atoms with E-state index in [9.17, 15) is 14.0 Å². The highest BCUT2D eigenvalue weighted by Gasteiger charge is 2.27. The fraction of sp³-hybridized carbons (Fsp3) is 0.208. The molecule has 5 nitrogen and oxygen atoms in total. The Morgan fingerprint density at radius 2 is 1.97 bits per heavy atom. The molecule has 0 saturated carbocycles. The smallest absolute Gasteiger partial charge is 0.232 e. The molecule has 0 aliphatic carbocycles. The fourth-order valence-electron chi connectivity index (χ4n) is 3.72. The molecule has 0 amide bonds. The van der Waals surface area contributed by atoms with Crippen LogP contribution in [-0.2, 0) is 11.2 Å². The molecule has 158 valence electrons. The van der Waals surface area contributed by atoms with Gasteiger partial charge in [-0.05, 0) is 60.2 Å². The van der Waals surface area contributed by atoms with Crippen molar-refractivity contribution in [1.29, 1.82) is 0 Å². The molecule has 3 aromatic rings. The number of ether oxygens (including phenoxy) is 1. The zero-order valence-electron chi connectivity index (χ0n) is 16.6. The van der Waals surface area contributed by atoms with Crippen LogP contribution in [-0.4, -0.2) is 36.2 Å². The van der Waals surface area contributed by atoms with Crippen molar-refractivity contribution in [2.45, 2.75) is 18.9 Å². The molecule has 1 aromatic heterocycles. The molecular weight excluding hydrogens is 419 g/mol. The number of ketones is 1. The van der Waals surface area contributed by atoms with E-state index in [1.807, 2.05) is 6.07 Å². The lowest BCUT2D eigenvalue weighted by Gasteiger charge is -2.22. The zero-order chi connectivity index (χ0) is 21.8. The Bertz CT molecular complexity index is 1100. The monoisotopic (exact) mass is 438 g/mol. The van der Waals surface area contributed by atoms with Crippen LogP contribution in [0.25, 0.3) is 0 Å². The molecule has 0 unspecified atom stereocenters. The van der Waals surface area contributed by atoms with Gasteiger partial charge in [0.2, 0.25) is 5.88 Å². The van der Waals surface area contributed by atoms with E-state index in [1.54, 1.807) is 30.5 Å². The summed E-state index contributed by atoms with van der Waals surface area (Å²) in [6.45, 7) is 1.36. The number of pyridine rings is 1. The number of carbonyl (C=O) groups is 2. The average Bonchev–Trinajstić information content (AvgIpc) is 3.24. The molecule has 0 N–H and O–H groups in total. The lowest BCUT2D eigenvalue weighted by Crippen LogP contribution is -2.26. The van der Waals surface area contributed by atoms with Gasteiger partial charge < -0.3 is 14.4 Å². The van der Waals surface area contributed by atoms with Crippen molar-refractivity contribution in [3.05, 3.63) is 88.3 Å². The Morgan fingerprint density at radius 3 is 2.71 bits per heavy atom. The number of carbonyl (C=O) groups excluding carboxylic acids is 2. The molecule has 2 heterocycles. The first-order chi connectivity index (χ1) is 15.0. The molecule has 1 saturated heterocycles. The van der Waals surface area contributed by atoms with Gasteiger partial charge in [-0.25, -0.2) is 9.37 Å². The lowest BCUT2D eigenvalue weighted by molar-refractivity contribution is -0.107. The highest BCUT2D eigenvalue weighted by atomic mass is 35.5. The average molecular weight is 439 g/mol. The van der Waals surface area contributed by atoms with Crippen molar-refractivity contribution in [3.8, 4) is 5.88 Å². The van der Waals surface area contributed by atoms with Crippen LogP contribution < -0.4 is 9.64 Å². The molecule has 1 aliphatic heterocycles. The topological polar surface area (TPSA) is 59.5 Å². The number of aromatic nitrogens is 1. The van der Waals surface area contributed by atoms with Crippen molar-refractivity contribution in [3.63, 3.8) is 0 Å². The van der Waals surface area contributed by atoms with Crippen LogP contribution in [0.2, 0.25) is 5.02 Å². The first-order valence-corrected chi connectivity index (χ1v) is 10.3. The van der Waals surface area contributed by atoms with E-state index in [4.69, 9.17) is 16.3 Å². The molecule has 7 heteroatoms. The predicted octanol–water partition coefficient (Wildman–Crippen LogP) is 4.50. The van der Waals surface area contributed by atoms with Gasteiger partial charge in [0, 0.05) is 42.4 Å². The van der Waals surface area contributed by atoms with E-state index in [0.29, 0.717) is 28.6 Å². The molecule has 31 heavy (non-hydrogen) atoms. The lowest BCUT2D eigenvalue weighted by atomic mass is 9.99. The zero-order valence-corrected chi connectivity index (χ0v) is 17.4. The second kappa shape index (κ2) is 9.27. The van der Waals surface area contributed by atoms with Crippen LogP contribution >= 0.6 is 11.6 Å². The van der Waals surface area contributed by atoms with Gasteiger partial charge in [-0.15, -0.1) is 0 Å². The number of anilines is 1. The number of rotatable bonds is 7. The number of halogens is 2. The molecule has 1 fully saturated rings. The van der Waals surface area contributed by atoms with Gasteiger partial charge in [0.25, 0.3) is 0 Å². The number of hydrogen-bond donors (Lipinski definition) is 0. The molecule has 1 atom stereocenters. The van der Waals surface area contributed by atoms with Crippen molar-refractivity contribution in [1.82, 2.24) is 4.98 Å². The van der Waals surface area contributed by atoms with Crippen molar-refractivity contribution in [2.24, 2.45) is 0 Å². The summed E-state index contributed by atoms with van der Waals surface area (Å²) in [6, 6.07) is 14.2. The van der Waals surface area contributed by atoms with Gasteiger partial charge in [0.05, 0.1) is 6.54 Å². The standard InChI is InChI=1S/C24H20ClFN2O3/c25-21-2-1-11-27-24(21)31-20-9-12-28(15-20)22-8-5-18(14-17(22)10-13-29)23(30)16-3-6-19(26)7-4-16/h1-8,11,13-14,20H,9-10,12,15H2/t20-/m0/s1. The summed E-state index contributed by atoms with van der Waals surface area (Å²) in [5.74, 6) is -0.207. The normalized spacial score (nSPS) is 15.7. The highest BCUT2D eigenvalue weighted by Crippen LogP contribution is 2.30. The number of benzene rings is 2. The summed E-state index contributed by atoms with van der Waals surface area (Å²) in [5, 5.41) is 0.464. The molecule has 4 rings (SSSR count). The summed E-state index contributed by atoms with van der Waals surface area (Å²) < 4.78 is 19.1. The summed E-state index contributed by atoms with van der Waals surface area (Å²) in [6.07, 6.45) is 3.34. The van der Waals surface area contributed by atoms with Crippen molar-refractivity contribution in [2.75, 3.05) is 18.0 Å². The van der Waals surface area contributed by atoms with Crippen LogP contribution in [0, 0.1) is 5.82 Å². The van der Waals surface area contributed by atoms with Gasteiger partial charge in [-0.1, -0.05) is 11.6 Å². The fourth-order valence-corrected chi connectivity index (χ4v) is 3.88. The van der Waals surface area contributed by atoms with E-state index in [0.717, 1.165) is 30.5 Å². The molecule has 2 aromatic carbocycles. The third kappa shape index (κ3) is 4.75. The Labute approximate surface area is 184 Å². The van der Waals surface area contributed by atoms with Crippen LogP contribution in [0.5, 0.6) is 5.88 Å². The number of hydrogen-bond acceptors (Lipinski definition) is 5. The van der Waals surface area contributed by atoms with Crippen LogP contribution in [0.4, 0.5) is 10.1 Å².